The van der Waals surface area contributed by atoms with Crippen molar-refractivity contribution in [2.45, 2.75) is 19.4 Å². The molecule has 6 heteroatoms. The molecular weight excluding hydrogens is 178 g/mol. The SMILES string of the molecule is CC(Nc1cncc(N)n1)C(F)F. The van der Waals surface area contributed by atoms with E-state index in [1.807, 2.05) is 0 Å². The number of anilines is 2. The molecule has 1 aromatic rings. The summed E-state index contributed by atoms with van der Waals surface area (Å²) in [5.74, 6) is 0.458. The molecule has 0 bridgehead atoms. The fraction of sp³-hybridized carbons (Fsp3) is 0.429. The fourth-order valence-corrected chi connectivity index (χ4v) is 0.747. The van der Waals surface area contributed by atoms with Crippen molar-refractivity contribution >= 4 is 11.6 Å². The van der Waals surface area contributed by atoms with Crippen molar-refractivity contribution in [3.8, 4) is 0 Å². The number of hydrogen-bond donors (Lipinski definition) is 2. The van der Waals surface area contributed by atoms with E-state index >= 15 is 0 Å². The molecule has 1 rings (SSSR count). The molecule has 0 aliphatic rings. The highest BCUT2D eigenvalue weighted by molar-refractivity contribution is 5.39. The number of halogens is 2. The molecule has 3 N–H and O–H groups in total. The highest BCUT2D eigenvalue weighted by atomic mass is 19.3. The van der Waals surface area contributed by atoms with Crippen molar-refractivity contribution in [2.75, 3.05) is 11.1 Å². The molecule has 0 fully saturated rings. The average Bonchev–Trinajstić information content (AvgIpc) is 2.04. The Hall–Kier alpha value is -1.46. The van der Waals surface area contributed by atoms with Gasteiger partial charge in [-0.3, -0.25) is 4.98 Å². The summed E-state index contributed by atoms with van der Waals surface area (Å²) in [6.07, 6.45) is 0.247. The van der Waals surface area contributed by atoms with E-state index in [0.717, 1.165) is 0 Å². The zero-order chi connectivity index (χ0) is 9.84. The van der Waals surface area contributed by atoms with Gasteiger partial charge in [0, 0.05) is 0 Å². The van der Waals surface area contributed by atoms with E-state index in [0.29, 0.717) is 0 Å². The first-order valence-electron chi connectivity index (χ1n) is 3.72. The van der Waals surface area contributed by atoms with Crippen LogP contribution in [0, 0.1) is 0 Å². The molecule has 13 heavy (non-hydrogen) atoms. The van der Waals surface area contributed by atoms with Crippen LogP contribution in [-0.2, 0) is 0 Å². The lowest BCUT2D eigenvalue weighted by Gasteiger charge is -2.12. The van der Waals surface area contributed by atoms with Gasteiger partial charge < -0.3 is 11.1 Å². The zero-order valence-electron chi connectivity index (χ0n) is 7.04. The number of nitrogen functional groups attached to an aromatic ring is 1. The minimum atomic E-state index is -2.44. The molecule has 0 saturated heterocycles. The van der Waals surface area contributed by atoms with Crippen molar-refractivity contribution in [2.24, 2.45) is 0 Å². The minimum absolute atomic E-state index is 0.200. The quantitative estimate of drug-likeness (QED) is 0.746. The number of nitrogens with zero attached hydrogens (tertiary/aromatic N) is 2. The fourth-order valence-electron chi connectivity index (χ4n) is 0.747. The molecule has 72 valence electrons. The Bertz CT molecular complexity index is 279. The standard InChI is InChI=1S/C7H10F2N4/c1-4(7(8)9)12-6-3-11-2-5(10)13-6/h2-4,7H,1H3,(H3,10,12,13). The second-order valence-electron chi connectivity index (χ2n) is 2.60. The van der Waals surface area contributed by atoms with Crippen LogP contribution >= 0.6 is 0 Å². The lowest BCUT2D eigenvalue weighted by Crippen LogP contribution is -2.24. The Morgan fingerprint density at radius 3 is 2.69 bits per heavy atom. The van der Waals surface area contributed by atoms with Crippen LogP contribution in [-0.4, -0.2) is 22.4 Å². The zero-order valence-corrected chi connectivity index (χ0v) is 7.04. The average molecular weight is 188 g/mol. The van der Waals surface area contributed by atoms with Gasteiger partial charge in [0.15, 0.2) is 0 Å². The molecule has 0 radical (unpaired) electrons. The molecule has 0 aliphatic heterocycles. The molecule has 0 spiro atoms. The second kappa shape index (κ2) is 3.97. The monoisotopic (exact) mass is 188 g/mol. The predicted molar refractivity (Wildman–Crippen MR) is 45.5 cm³/mol. The van der Waals surface area contributed by atoms with Gasteiger partial charge >= 0.3 is 0 Å². The first-order chi connectivity index (χ1) is 6.09. The summed E-state index contributed by atoms with van der Waals surface area (Å²) in [4.78, 5) is 7.47. The second-order valence-corrected chi connectivity index (χ2v) is 2.60. The van der Waals surface area contributed by atoms with Crippen LogP contribution < -0.4 is 11.1 Å². The maximum absolute atomic E-state index is 12.1. The number of rotatable bonds is 3. The van der Waals surface area contributed by atoms with Crippen LogP contribution in [0.25, 0.3) is 0 Å². The van der Waals surface area contributed by atoms with Gasteiger partial charge in [-0.15, -0.1) is 0 Å². The van der Waals surface area contributed by atoms with Crippen LogP contribution in [0.5, 0.6) is 0 Å². The van der Waals surface area contributed by atoms with Gasteiger partial charge in [0.1, 0.15) is 11.6 Å². The molecule has 1 heterocycles. The Labute approximate surface area is 74.2 Å². The van der Waals surface area contributed by atoms with Crippen LogP contribution in [0.15, 0.2) is 12.4 Å². The first kappa shape index (κ1) is 9.63. The summed E-state index contributed by atoms with van der Waals surface area (Å²) >= 11 is 0. The predicted octanol–water partition coefficient (Wildman–Crippen LogP) is 1.12. The summed E-state index contributed by atoms with van der Waals surface area (Å²) in [5, 5.41) is 2.48. The van der Waals surface area contributed by atoms with E-state index in [9.17, 15) is 8.78 Å². The van der Waals surface area contributed by atoms with E-state index in [1.165, 1.54) is 19.3 Å². The highest BCUT2D eigenvalue weighted by Crippen LogP contribution is 2.09. The number of nitrogens with one attached hydrogen (secondary N) is 1. The molecule has 1 aromatic heterocycles. The molecular formula is C7H10F2N4. The topological polar surface area (TPSA) is 63.8 Å². The number of aromatic nitrogens is 2. The van der Waals surface area contributed by atoms with Gasteiger partial charge in [-0.05, 0) is 6.92 Å². The van der Waals surface area contributed by atoms with E-state index in [1.54, 1.807) is 0 Å². The third kappa shape index (κ3) is 2.81. The maximum Gasteiger partial charge on any atom is 0.258 e. The van der Waals surface area contributed by atoms with Crippen molar-refractivity contribution in [3.05, 3.63) is 12.4 Å². The van der Waals surface area contributed by atoms with Crippen LogP contribution in [0.1, 0.15) is 6.92 Å². The third-order valence-electron chi connectivity index (χ3n) is 1.41. The summed E-state index contributed by atoms with van der Waals surface area (Å²) in [5.41, 5.74) is 5.31. The van der Waals surface area contributed by atoms with Crippen molar-refractivity contribution < 1.29 is 8.78 Å². The van der Waals surface area contributed by atoms with Crippen molar-refractivity contribution in [3.63, 3.8) is 0 Å². The Morgan fingerprint density at radius 1 is 1.46 bits per heavy atom. The van der Waals surface area contributed by atoms with Crippen LogP contribution in [0.4, 0.5) is 20.4 Å². The lowest BCUT2D eigenvalue weighted by atomic mass is 10.3. The number of alkyl halides is 2. The van der Waals surface area contributed by atoms with E-state index < -0.39 is 12.5 Å². The smallest absolute Gasteiger partial charge is 0.258 e. The Kier molecular flexibility index (Phi) is 2.94. The van der Waals surface area contributed by atoms with Gasteiger partial charge in [-0.1, -0.05) is 0 Å². The van der Waals surface area contributed by atoms with Gasteiger partial charge in [-0.2, -0.15) is 0 Å². The Balaban J connectivity index is 2.64. The third-order valence-corrected chi connectivity index (χ3v) is 1.41. The van der Waals surface area contributed by atoms with Gasteiger partial charge in [0.25, 0.3) is 6.43 Å². The highest BCUT2D eigenvalue weighted by Gasteiger charge is 2.14. The van der Waals surface area contributed by atoms with E-state index in [4.69, 9.17) is 5.73 Å². The van der Waals surface area contributed by atoms with E-state index in [2.05, 4.69) is 15.3 Å². The normalized spacial score (nSPS) is 12.9. The van der Waals surface area contributed by atoms with E-state index in [-0.39, 0.29) is 11.6 Å². The number of hydrogen-bond acceptors (Lipinski definition) is 4. The molecule has 1 unspecified atom stereocenters. The molecule has 4 nitrogen and oxygen atoms in total. The van der Waals surface area contributed by atoms with Crippen LogP contribution in [0.2, 0.25) is 0 Å². The molecule has 0 aliphatic carbocycles. The van der Waals surface area contributed by atoms with Gasteiger partial charge in [0.2, 0.25) is 0 Å². The number of nitrogens with two attached hydrogens (primary N) is 1. The Morgan fingerprint density at radius 2 is 2.15 bits per heavy atom. The molecule has 0 aromatic carbocycles. The first-order valence-corrected chi connectivity index (χ1v) is 3.72. The lowest BCUT2D eigenvalue weighted by molar-refractivity contribution is 0.130. The summed E-state index contributed by atoms with van der Waals surface area (Å²) < 4.78 is 24.1. The van der Waals surface area contributed by atoms with Crippen molar-refractivity contribution in [1.29, 1.82) is 0 Å². The van der Waals surface area contributed by atoms with Gasteiger partial charge in [-0.25, -0.2) is 13.8 Å². The van der Waals surface area contributed by atoms with Crippen molar-refractivity contribution in [1.82, 2.24) is 9.97 Å². The summed E-state index contributed by atoms with van der Waals surface area (Å²) in [6, 6.07) is -0.962. The largest absolute Gasteiger partial charge is 0.382 e. The summed E-state index contributed by atoms with van der Waals surface area (Å²) in [7, 11) is 0. The van der Waals surface area contributed by atoms with Gasteiger partial charge in [0.05, 0.1) is 18.4 Å². The minimum Gasteiger partial charge on any atom is -0.382 e. The van der Waals surface area contributed by atoms with Crippen LogP contribution in [0.3, 0.4) is 0 Å². The molecule has 0 saturated carbocycles. The molecule has 0 amide bonds. The molecule has 1 atom stereocenters. The summed E-state index contributed by atoms with van der Waals surface area (Å²) in [6.45, 7) is 1.36. The maximum atomic E-state index is 12.1.